The molecule has 1 spiro atoms. The minimum Gasteiger partial charge on any atom is -0.465 e. The van der Waals surface area contributed by atoms with E-state index in [1.807, 2.05) is 0 Å². The molecule has 3 heterocycles. The largest absolute Gasteiger partial charge is 0.465 e. The molecule has 0 aromatic heterocycles. The fraction of sp³-hybridized carbons (Fsp3) is 0.500. The second-order valence-corrected chi connectivity index (χ2v) is 9.56. The number of nitrogens with zero attached hydrogens (tertiary/aromatic N) is 2. The van der Waals surface area contributed by atoms with Gasteiger partial charge in [0.05, 0.1) is 31.2 Å². The minimum atomic E-state index is -1.15. The minimum absolute atomic E-state index is 0.0365. The number of anilines is 1. The van der Waals surface area contributed by atoms with Crippen molar-refractivity contribution in [3.63, 3.8) is 0 Å². The lowest BCUT2D eigenvalue weighted by Gasteiger charge is -2.36. The zero-order valence-electron chi connectivity index (χ0n) is 19.6. The van der Waals surface area contributed by atoms with Gasteiger partial charge in [-0.2, -0.15) is 0 Å². The summed E-state index contributed by atoms with van der Waals surface area (Å²) in [4.78, 5) is 43.6. The Morgan fingerprint density at radius 1 is 1.29 bits per heavy atom. The van der Waals surface area contributed by atoms with E-state index in [4.69, 9.17) is 21.1 Å². The van der Waals surface area contributed by atoms with Crippen LogP contribution in [0.5, 0.6) is 0 Å². The Kier molecular flexibility index (Phi) is 7.64. The predicted octanol–water partition coefficient (Wildman–Crippen LogP) is 2.74. The van der Waals surface area contributed by atoms with E-state index in [-0.39, 0.29) is 38.1 Å². The zero-order valence-corrected chi connectivity index (χ0v) is 20.4. The normalized spacial score (nSPS) is 28.6. The number of esters is 1. The van der Waals surface area contributed by atoms with Gasteiger partial charge in [0.1, 0.15) is 11.6 Å². The molecule has 1 aromatic rings. The molecular formula is C26H31ClN2O6. The lowest BCUT2D eigenvalue weighted by Crippen LogP contribution is -2.56. The number of likely N-dealkylation sites (tertiary alicyclic amines) is 1. The van der Waals surface area contributed by atoms with Gasteiger partial charge < -0.3 is 24.4 Å². The van der Waals surface area contributed by atoms with Crippen molar-refractivity contribution in [2.24, 2.45) is 11.8 Å². The number of hydrogen-bond acceptors (Lipinski definition) is 6. The second kappa shape index (κ2) is 10.5. The first-order chi connectivity index (χ1) is 16.9. The summed E-state index contributed by atoms with van der Waals surface area (Å²) in [5, 5.41) is 10.2. The van der Waals surface area contributed by atoms with Crippen LogP contribution in [0.4, 0.5) is 5.69 Å². The van der Waals surface area contributed by atoms with Gasteiger partial charge in [-0.3, -0.25) is 14.4 Å². The number of carbonyl (C=O) groups excluding carboxylic acids is 3. The van der Waals surface area contributed by atoms with Crippen molar-refractivity contribution in [1.82, 2.24) is 4.90 Å². The number of aliphatic hydroxyl groups is 1. The molecule has 4 rings (SSSR count). The van der Waals surface area contributed by atoms with E-state index < -0.39 is 35.6 Å². The Morgan fingerprint density at radius 2 is 2.03 bits per heavy atom. The third-order valence-electron chi connectivity index (χ3n) is 7.16. The van der Waals surface area contributed by atoms with Crippen molar-refractivity contribution >= 4 is 35.1 Å². The molecule has 1 aromatic carbocycles. The van der Waals surface area contributed by atoms with E-state index in [1.54, 1.807) is 36.4 Å². The van der Waals surface area contributed by atoms with Crippen molar-refractivity contribution < 1.29 is 29.0 Å². The zero-order chi connectivity index (χ0) is 25.2. The van der Waals surface area contributed by atoms with Crippen LogP contribution in [0.3, 0.4) is 0 Å². The molecule has 3 aliphatic heterocycles. The molecule has 9 heteroatoms. The van der Waals surface area contributed by atoms with E-state index >= 15 is 0 Å². The number of hydrogen-bond donors (Lipinski definition) is 1. The molecule has 1 N–H and O–H groups in total. The lowest BCUT2D eigenvalue weighted by atomic mass is 9.70. The molecule has 0 aliphatic carbocycles. The van der Waals surface area contributed by atoms with E-state index in [1.165, 1.54) is 9.80 Å². The van der Waals surface area contributed by atoms with Crippen LogP contribution < -0.4 is 4.90 Å². The Hall–Kier alpha value is -2.68. The maximum absolute atomic E-state index is 14.1. The molecule has 35 heavy (non-hydrogen) atoms. The molecule has 3 aliphatic rings. The molecule has 188 valence electrons. The molecule has 2 amide bonds. The van der Waals surface area contributed by atoms with Crippen molar-refractivity contribution in [2.75, 3.05) is 31.2 Å². The first kappa shape index (κ1) is 25.4. The summed E-state index contributed by atoms with van der Waals surface area (Å²) in [6, 6.07) is 5.84. The topological polar surface area (TPSA) is 96.4 Å². The van der Waals surface area contributed by atoms with Crippen LogP contribution in [-0.4, -0.2) is 71.8 Å². The number of unbranched alkanes of at least 4 members (excludes halogenated alkanes) is 1. The van der Waals surface area contributed by atoms with E-state index in [2.05, 4.69) is 13.2 Å². The van der Waals surface area contributed by atoms with Crippen molar-refractivity contribution in [2.45, 2.75) is 43.4 Å². The molecule has 5 atom stereocenters. The molecule has 2 unspecified atom stereocenters. The van der Waals surface area contributed by atoms with E-state index in [9.17, 15) is 19.5 Å². The summed E-state index contributed by atoms with van der Waals surface area (Å²) in [5.41, 5.74) is -0.550. The van der Waals surface area contributed by atoms with E-state index in [0.717, 1.165) is 6.42 Å². The monoisotopic (exact) mass is 502 g/mol. The summed E-state index contributed by atoms with van der Waals surface area (Å²) in [6.45, 7) is 7.52. The van der Waals surface area contributed by atoms with Crippen LogP contribution in [0.25, 0.3) is 0 Å². The first-order valence-electron chi connectivity index (χ1n) is 11.9. The van der Waals surface area contributed by atoms with Gasteiger partial charge in [0.2, 0.25) is 5.91 Å². The summed E-state index contributed by atoms with van der Waals surface area (Å²) in [6.07, 6.45) is 5.26. The van der Waals surface area contributed by atoms with E-state index in [0.29, 0.717) is 30.0 Å². The van der Waals surface area contributed by atoms with Gasteiger partial charge >= 0.3 is 5.97 Å². The molecule has 0 saturated carbocycles. The number of β-amino-alcohol motifs (C(OH)–C–C–N with tert-alkyl or cyclic N) is 1. The van der Waals surface area contributed by atoms with Gasteiger partial charge in [0.25, 0.3) is 5.91 Å². The first-order valence-corrected chi connectivity index (χ1v) is 12.3. The standard InChI is InChI=1S/C26H31ClN2O6/c1-3-5-6-16-34-25(33)20-19-11-12-26(35-19)21(20)23(31)29(14-15-30)22(26)24(32)28(13-4-2)18-9-7-17(27)8-10-18/h3-4,7-10,19-22,30H,1-2,5-6,11-16H2/t19-,20+,21-,22?,26?/m0/s1. The highest BCUT2D eigenvalue weighted by atomic mass is 35.5. The number of ether oxygens (including phenoxy) is 2. The van der Waals surface area contributed by atoms with Crippen LogP contribution in [0.15, 0.2) is 49.6 Å². The maximum Gasteiger partial charge on any atom is 0.312 e. The average Bonchev–Trinajstić information content (AvgIpc) is 3.48. The van der Waals surface area contributed by atoms with Crippen LogP contribution in [0.2, 0.25) is 5.02 Å². The highest BCUT2D eigenvalue weighted by molar-refractivity contribution is 6.30. The van der Waals surface area contributed by atoms with Gasteiger partial charge in [-0.15, -0.1) is 13.2 Å². The SMILES string of the molecule is C=CCCCOC(=O)[C@@H]1[C@@H]2CCC3(O2)C(C(=O)N(CC=C)c2ccc(Cl)cc2)N(CCO)C(=O)[C@H]13. The number of allylic oxidation sites excluding steroid dienone is 1. The molecule has 0 radical (unpaired) electrons. The van der Waals surface area contributed by atoms with Crippen LogP contribution >= 0.6 is 11.6 Å². The summed E-state index contributed by atoms with van der Waals surface area (Å²) in [5.74, 6) is -2.79. The molecule has 2 bridgehead atoms. The number of amides is 2. The van der Waals surface area contributed by atoms with Crippen molar-refractivity contribution in [3.8, 4) is 0 Å². The number of fused-ring (bicyclic) bond motifs is 1. The maximum atomic E-state index is 14.1. The molecule has 3 fully saturated rings. The highest BCUT2D eigenvalue weighted by Crippen LogP contribution is 2.58. The quantitative estimate of drug-likeness (QED) is 0.284. The highest BCUT2D eigenvalue weighted by Gasteiger charge is 2.75. The molecular weight excluding hydrogens is 472 g/mol. The molecule has 8 nitrogen and oxygen atoms in total. The predicted molar refractivity (Wildman–Crippen MR) is 131 cm³/mol. The number of rotatable bonds is 11. The van der Waals surface area contributed by atoms with Gasteiger partial charge in [0, 0.05) is 23.8 Å². The fourth-order valence-electron chi connectivity index (χ4n) is 5.77. The third kappa shape index (κ3) is 4.39. The van der Waals surface area contributed by atoms with Crippen molar-refractivity contribution in [1.29, 1.82) is 0 Å². The fourth-order valence-corrected chi connectivity index (χ4v) is 5.89. The van der Waals surface area contributed by atoms with Gasteiger partial charge in [-0.05, 0) is 49.9 Å². The number of aliphatic hydroxyl groups excluding tert-OH is 1. The van der Waals surface area contributed by atoms with Crippen LogP contribution in [0, 0.1) is 11.8 Å². The number of halogens is 1. The summed E-state index contributed by atoms with van der Waals surface area (Å²) in [7, 11) is 0. The smallest absolute Gasteiger partial charge is 0.312 e. The Morgan fingerprint density at radius 3 is 2.69 bits per heavy atom. The van der Waals surface area contributed by atoms with Crippen LogP contribution in [0.1, 0.15) is 25.7 Å². The van der Waals surface area contributed by atoms with Crippen molar-refractivity contribution in [3.05, 3.63) is 54.6 Å². The third-order valence-corrected chi connectivity index (χ3v) is 7.41. The van der Waals surface area contributed by atoms with Gasteiger partial charge in [-0.1, -0.05) is 23.8 Å². The van der Waals surface area contributed by atoms with Gasteiger partial charge in [0.15, 0.2) is 0 Å². The lowest BCUT2D eigenvalue weighted by molar-refractivity contribution is -0.155. The number of benzene rings is 1. The Bertz CT molecular complexity index is 998. The second-order valence-electron chi connectivity index (χ2n) is 9.12. The van der Waals surface area contributed by atoms with Gasteiger partial charge in [-0.25, -0.2) is 0 Å². The Labute approximate surface area is 210 Å². The molecule has 3 saturated heterocycles. The summed E-state index contributed by atoms with van der Waals surface area (Å²) < 4.78 is 11.8. The van der Waals surface area contributed by atoms with Crippen LogP contribution in [-0.2, 0) is 23.9 Å². The Balaban J connectivity index is 1.67. The summed E-state index contributed by atoms with van der Waals surface area (Å²) >= 11 is 6.03. The average molecular weight is 503 g/mol. The number of carbonyl (C=O) groups is 3.